The van der Waals surface area contributed by atoms with Gasteiger partial charge in [0.15, 0.2) is 0 Å². The van der Waals surface area contributed by atoms with Gasteiger partial charge in [0.1, 0.15) is 18.1 Å². The monoisotopic (exact) mass is 499 g/mol. The number of aromatic amines is 2. The van der Waals surface area contributed by atoms with Gasteiger partial charge in [-0.2, -0.15) is 16.4 Å². The molecule has 5 heterocycles. The van der Waals surface area contributed by atoms with E-state index in [2.05, 4.69) is 78.4 Å². The second-order valence-electron chi connectivity index (χ2n) is 8.86. The molecule has 0 aliphatic carbocycles. The third-order valence-corrected chi connectivity index (χ3v) is 7.17. The molecular weight excluding hydrogens is 478 g/mol. The van der Waals surface area contributed by atoms with E-state index >= 15 is 0 Å². The molecule has 0 aliphatic heterocycles. The molecule has 0 aliphatic rings. The van der Waals surface area contributed by atoms with Crippen LogP contribution in [-0.4, -0.2) is 25.1 Å². The Kier molecular flexibility index (Phi) is 5.26. The first-order chi connectivity index (χ1) is 18.3. The molecule has 178 valence electrons. The molecule has 0 unspecified atom stereocenters. The maximum Gasteiger partial charge on any atom is 0.138 e. The number of fused-ring (bicyclic) bond motifs is 2. The number of hydrogen-bond donors (Lipinski definition) is 2. The van der Waals surface area contributed by atoms with Crippen LogP contribution in [0, 0.1) is 0 Å². The van der Waals surface area contributed by atoms with E-state index in [4.69, 9.17) is 4.74 Å². The van der Waals surface area contributed by atoms with E-state index in [1.807, 2.05) is 42.9 Å². The molecule has 7 aromatic rings. The molecule has 5 aromatic heterocycles. The Morgan fingerprint density at radius 2 is 1.68 bits per heavy atom. The predicted molar refractivity (Wildman–Crippen MR) is 148 cm³/mol. The number of hydrogen-bond acceptors (Lipinski definition) is 5. The molecule has 37 heavy (non-hydrogen) atoms. The third-order valence-electron chi connectivity index (χ3n) is 6.49. The highest BCUT2D eigenvalue weighted by Gasteiger charge is 2.15. The van der Waals surface area contributed by atoms with Crippen molar-refractivity contribution < 1.29 is 4.74 Å². The Labute approximate surface area is 216 Å². The molecule has 2 aromatic carbocycles. The Morgan fingerprint density at radius 1 is 0.757 bits per heavy atom. The van der Waals surface area contributed by atoms with Crippen LogP contribution in [0.15, 0.2) is 102 Å². The fourth-order valence-electron chi connectivity index (χ4n) is 4.62. The highest BCUT2D eigenvalue weighted by Crippen LogP contribution is 2.35. The van der Waals surface area contributed by atoms with E-state index in [1.165, 1.54) is 5.56 Å². The minimum atomic E-state index is 0.500. The Morgan fingerprint density at radius 3 is 2.57 bits per heavy atom. The molecule has 2 N–H and O–H groups in total. The lowest BCUT2D eigenvalue weighted by Crippen LogP contribution is -1.95. The van der Waals surface area contributed by atoms with Gasteiger partial charge in [-0.15, -0.1) is 0 Å². The van der Waals surface area contributed by atoms with Gasteiger partial charge in [-0.3, -0.25) is 15.1 Å². The number of thiophene rings is 1. The maximum atomic E-state index is 6.00. The average Bonchev–Trinajstić information content (AvgIpc) is 3.71. The molecule has 7 heteroatoms. The van der Waals surface area contributed by atoms with Crippen molar-refractivity contribution in [2.75, 3.05) is 0 Å². The van der Waals surface area contributed by atoms with Crippen LogP contribution in [0.4, 0.5) is 0 Å². The number of nitrogens with one attached hydrogen (secondary N) is 2. The van der Waals surface area contributed by atoms with E-state index in [0.29, 0.717) is 6.61 Å². The Balaban J connectivity index is 1.24. The lowest BCUT2D eigenvalue weighted by Gasteiger charge is -2.08. The summed E-state index contributed by atoms with van der Waals surface area (Å²) in [7, 11) is 0. The number of pyridine rings is 2. The van der Waals surface area contributed by atoms with E-state index < -0.39 is 0 Å². The quantitative estimate of drug-likeness (QED) is 0.249. The summed E-state index contributed by atoms with van der Waals surface area (Å²) in [5.74, 6) is 0.734. The van der Waals surface area contributed by atoms with Crippen molar-refractivity contribution >= 4 is 33.1 Å². The molecule has 0 radical (unpaired) electrons. The van der Waals surface area contributed by atoms with Crippen LogP contribution >= 0.6 is 11.3 Å². The fourth-order valence-corrected chi connectivity index (χ4v) is 5.28. The van der Waals surface area contributed by atoms with Crippen molar-refractivity contribution in [1.82, 2.24) is 25.1 Å². The van der Waals surface area contributed by atoms with Crippen LogP contribution < -0.4 is 4.74 Å². The summed E-state index contributed by atoms with van der Waals surface area (Å²) < 4.78 is 6.00. The molecule has 0 atom stereocenters. The topological polar surface area (TPSA) is 79.5 Å². The first kappa shape index (κ1) is 21.5. The fraction of sp³-hybridized carbons (Fsp3) is 0.0333. The zero-order valence-electron chi connectivity index (χ0n) is 19.7. The summed E-state index contributed by atoms with van der Waals surface area (Å²) in [5, 5.41) is 14.2. The molecule has 7 rings (SSSR count). The highest BCUT2D eigenvalue weighted by molar-refractivity contribution is 7.08. The summed E-state index contributed by atoms with van der Waals surface area (Å²) in [5.41, 5.74) is 9.20. The number of nitrogens with zero attached hydrogens (tertiary/aromatic N) is 3. The SMILES string of the molecule is c1ccc(COc2cncc(-c3ccc4[nH]nc(-c5cc6c(-c7ccsc7)cncc6[nH]5)c4c3)c2)cc1. The number of rotatable bonds is 6. The third kappa shape index (κ3) is 4.05. The number of benzene rings is 2. The summed E-state index contributed by atoms with van der Waals surface area (Å²) in [6.45, 7) is 0.500. The normalized spacial score (nSPS) is 11.4. The van der Waals surface area contributed by atoms with Crippen molar-refractivity contribution in [3.63, 3.8) is 0 Å². The van der Waals surface area contributed by atoms with Gasteiger partial charge in [0.05, 0.1) is 29.1 Å². The lowest BCUT2D eigenvalue weighted by atomic mass is 10.0. The van der Waals surface area contributed by atoms with Gasteiger partial charge in [0, 0.05) is 34.3 Å². The van der Waals surface area contributed by atoms with Crippen LogP contribution in [0.3, 0.4) is 0 Å². The van der Waals surface area contributed by atoms with Crippen LogP contribution in [0.25, 0.3) is 55.4 Å². The maximum absolute atomic E-state index is 6.00. The first-order valence-corrected chi connectivity index (χ1v) is 12.9. The molecule has 0 saturated carbocycles. The highest BCUT2D eigenvalue weighted by atomic mass is 32.1. The zero-order chi connectivity index (χ0) is 24.6. The van der Waals surface area contributed by atoms with E-state index in [0.717, 1.165) is 61.2 Å². The van der Waals surface area contributed by atoms with Crippen LogP contribution in [-0.2, 0) is 6.61 Å². The van der Waals surface area contributed by atoms with Crippen LogP contribution in [0.2, 0.25) is 0 Å². The van der Waals surface area contributed by atoms with Crippen molar-refractivity contribution in [3.8, 4) is 39.4 Å². The van der Waals surface area contributed by atoms with Crippen molar-refractivity contribution in [3.05, 3.63) is 108 Å². The zero-order valence-corrected chi connectivity index (χ0v) is 20.5. The van der Waals surface area contributed by atoms with Gasteiger partial charge in [0.25, 0.3) is 0 Å². The van der Waals surface area contributed by atoms with Gasteiger partial charge in [-0.05, 0) is 57.8 Å². The van der Waals surface area contributed by atoms with Crippen molar-refractivity contribution in [2.45, 2.75) is 6.61 Å². The van der Waals surface area contributed by atoms with Gasteiger partial charge in [-0.1, -0.05) is 36.4 Å². The minimum Gasteiger partial charge on any atom is -0.487 e. The van der Waals surface area contributed by atoms with E-state index in [-0.39, 0.29) is 0 Å². The molecular formula is C30H21N5OS. The standard InChI is InChI=1S/C30H21N5OS/c1-2-4-19(5-3-1)17-36-23-10-22(13-31-14-23)20-6-7-27-25(11-20)30(35-34-27)28-12-24-26(21-8-9-37-18-21)15-32-16-29(24)33-28/h1-16,18,33H,17H2,(H,34,35). The molecule has 0 amide bonds. The number of ether oxygens (including phenoxy) is 1. The second-order valence-corrected chi connectivity index (χ2v) is 9.64. The van der Waals surface area contributed by atoms with E-state index in [1.54, 1.807) is 17.5 Å². The van der Waals surface area contributed by atoms with Crippen molar-refractivity contribution in [1.29, 1.82) is 0 Å². The summed E-state index contributed by atoms with van der Waals surface area (Å²) >= 11 is 1.68. The van der Waals surface area contributed by atoms with E-state index in [9.17, 15) is 0 Å². The average molecular weight is 500 g/mol. The summed E-state index contributed by atoms with van der Waals surface area (Å²) in [6.07, 6.45) is 7.39. The van der Waals surface area contributed by atoms with Gasteiger partial charge >= 0.3 is 0 Å². The molecule has 0 fully saturated rings. The molecule has 0 saturated heterocycles. The Hall–Kier alpha value is -4.75. The molecule has 0 spiro atoms. The van der Waals surface area contributed by atoms with Crippen LogP contribution in [0.5, 0.6) is 5.75 Å². The predicted octanol–water partition coefficient (Wildman–Crippen LogP) is 7.48. The molecule has 6 nitrogen and oxygen atoms in total. The Bertz CT molecular complexity index is 1840. The van der Waals surface area contributed by atoms with Gasteiger partial charge in [-0.25, -0.2) is 0 Å². The first-order valence-electron chi connectivity index (χ1n) is 11.9. The molecule has 0 bridgehead atoms. The van der Waals surface area contributed by atoms with Gasteiger partial charge < -0.3 is 9.72 Å². The lowest BCUT2D eigenvalue weighted by molar-refractivity contribution is 0.305. The number of aromatic nitrogens is 5. The largest absolute Gasteiger partial charge is 0.487 e. The smallest absolute Gasteiger partial charge is 0.138 e. The summed E-state index contributed by atoms with van der Waals surface area (Å²) in [6, 6.07) is 22.7. The second kappa shape index (κ2) is 9.04. The minimum absolute atomic E-state index is 0.500. The number of H-pyrrole nitrogens is 2. The summed E-state index contributed by atoms with van der Waals surface area (Å²) in [4.78, 5) is 12.4. The van der Waals surface area contributed by atoms with Gasteiger partial charge in [0.2, 0.25) is 0 Å². The van der Waals surface area contributed by atoms with Crippen molar-refractivity contribution in [2.24, 2.45) is 0 Å². The van der Waals surface area contributed by atoms with Crippen LogP contribution in [0.1, 0.15) is 5.56 Å².